The monoisotopic (exact) mass is 561 g/mol. The van der Waals surface area contributed by atoms with Gasteiger partial charge in [0.15, 0.2) is 10.8 Å². The van der Waals surface area contributed by atoms with E-state index in [9.17, 15) is 33.9 Å². The molecule has 0 aliphatic carbocycles. The third-order valence-electron chi connectivity index (χ3n) is 5.03. The summed E-state index contributed by atoms with van der Waals surface area (Å²) in [7, 11) is 0. The minimum Gasteiger partial charge on any atom is -0.481 e. The van der Waals surface area contributed by atoms with Crippen LogP contribution in [0.4, 0.5) is 5.13 Å². The van der Waals surface area contributed by atoms with E-state index in [1.54, 1.807) is 0 Å². The fourth-order valence-corrected chi connectivity index (χ4v) is 5.56. The maximum Gasteiger partial charge on any atom is 0.332 e. The molecule has 0 radical (unpaired) electrons. The number of aliphatic carboxylic acids is 1. The van der Waals surface area contributed by atoms with Crippen molar-refractivity contribution in [3.63, 3.8) is 0 Å². The molecule has 2 unspecified atom stereocenters. The average Bonchev–Trinajstić information content (AvgIpc) is 3.28. The molecule has 17 heteroatoms. The largest absolute Gasteiger partial charge is 0.481 e. The maximum atomic E-state index is 13.0. The van der Waals surface area contributed by atoms with Crippen LogP contribution in [0.5, 0.6) is 0 Å². The Hall–Kier alpha value is -3.24. The first kappa shape index (κ1) is 27.3. The molecule has 1 aromatic rings. The van der Waals surface area contributed by atoms with Crippen LogP contribution < -0.4 is 10.6 Å². The summed E-state index contributed by atoms with van der Waals surface area (Å²) in [4.78, 5) is 81.4. The predicted molar refractivity (Wildman–Crippen MR) is 126 cm³/mol. The van der Waals surface area contributed by atoms with E-state index in [0.717, 1.165) is 36.9 Å². The lowest BCUT2D eigenvalue weighted by Crippen LogP contribution is -2.74. The lowest BCUT2D eigenvalue weighted by Gasteiger charge is -2.53. The smallest absolute Gasteiger partial charge is 0.332 e. The van der Waals surface area contributed by atoms with Crippen LogP contribution >= 0.6 is 34.7 Å². The second-order valence-electron chi connectivity index (χ2n) is 7.73. The first-order chi connectivity index (χ1) is 17.0. The van der Waals surface area contributed by atoms with Crippen molar-refractivity contribution in [1.82, 2.24) is 15.2 Å². The molecule has 1 aromatic heterocycles. The number of thioether (sulfide) groups is 1. The molecule has 194 valence electrons. The van der Waals surface area contributed by atoms with Crippen LogP contribution in [0.15, 0.2) is 10.5 Å². The number of hydrogen-bond donors (Lipinski definition) is 3. The number of nitrogens with one attached hydrogen (secondary N) is 2. The van der Waals surface area contributed by atoms with Gasteiger partial charge in [-0.25, -0.2) is 9.78 Å². The van der Waals surface area contributed by atoms with Gasteiger partial charge >= 0.3 is 17.9 Å². The zero-order valence-electron chi connectivity index (χ0n) is 18.8. The van der Waals surface area contributed by atoms with E-state index < -0.39 is 64.8 Å². The van der Waals surface area contributed by atoms with Crippen molar-refractivity contribution >= 4 is 81.2 Å². The molecule has 3 amide bonds. The fourth-order valence-electron chi connectivity index (χ4n) is 3.26. The molecular weight excluding hydrogens is 542 g/mol. The normalized spacial score (nSPS) is 23.1. The van der Waals surface area contributed by atoms with Gasteiger partial charge in [-0.3, -0.25) is 24.0 Å². The molecule has 36 heavy (non-hydrogen) atoms. The van der Waals surface area contributed by atoms with E-state index in [4.69, 9.17) is 16.3 Å². The standard InChI is InChI=1S/C19H20ClN5O9S2/c1-8(26)33-6-19(17(31)32)5-25-15(30)13(16(25)36-7-19)23-14(29)12(24-34-9(2)27)10-4-35-18(21-10)22-11(28)3-20/h4,13,16H,3,5-7H2,1-2H3,(H,23,29)(H,31,32)(H,21,22,28)/t13?,16-,19?/m1/s1. The molecule has 2 saturated heterocycles. The summed E-state index contributed by atoms with van der Waals surface area (Å²) in [5, 5.41) is 19.1. The molecule has 0 aromatic carbocycles. The Labute approximate surface area is 216 Å². The van der Waals surface area contributed by atoms with Crippen LogP contribution in [-0.2, 0) is 38.3 Å². The summed E-state index contributed by atoms with van der Waals surface area (Å²) < 4.78 is 4.90. The number of amides is 3. The van der Waals surface area contributed by atoms with E-state index in [2.05, 4.69) is 25.6 Å². The molecule has 3 heterocycles. The number of esters is 1. The number of halogens is 1. The van der Waals surface area contributed by atoms with Crippen LogP contribution in [0.2, 0.25) is 0 Å². The first-order valence-corrected chi connectivity index (χ1v) is 12.6. The number of carboxylic acid groups (broad SMARTS) is 1. The Bertz CT molecular complexity index is 1140. The van der Waals surface area contributed by atoms with Gasteiger partial charge < -0.3 is 30.2 Å². The average molecular weight is 562 g/mol. The summed E-state index contributed by atoms with van der Waals surface area (Å²) in [6.07, 6.45) is 0. The molecule has 3 atom stereocenters. The van der Waals surface area contributed by atoms with Gasteiger partial charge in [-0.1, -0.05) is 5.16 Å². The van der Waals surface area contributed by atoms with Gasteiger partial charge in [0.1, 0.15) is 35.0 Å². The zero-order chi connectivity index (χ0) is 26.6. The highest BCUT2D eigenvalue weighted by atomic mass is 35.5. The number of oxime groups is 1. The second kappa shape index (κ2) is 11.2. The van der Waals surface area contributed by atoms with Gasteiger partial charge in [0.25, 0.3) is 5.91 Å². The summed E-state index contributed by atoms with van der Waals surface area (Å²) in [6, 6.07) is -1.01. The molecule has 3 rings (SSSR count). The van der Waals surface area contributed by atoms with Crippen LogP contribution in [0, 0.1) is 5.41 Å². The van der Waals surface area contributed by atoms with Gasteiger partial charge in [0.05, 0.1) is 0 Å². The lowest BCUT2D eigenvalue weighted by molar-refractivity contribution is -0.164. The lowest BCUT2D eigenvalue weighted by atomic mass is 9.88. The summed E-state index contributed by atoms with van der Waals surface area (Å²) in [5.41, 5.74) is -1.94. The quantitative estimate of drug-likeness (QED) is 0.0888. The topological polar surface area (TPSA) is 194 Å². The number of carboxylic acids is 1. The van der Waals surface area contributed by atoms with Gasteiger partial charge in [-0.15, -0.1) is 34.7 Å². The number of ether oxygens (including phenoxy) is 1. The van der Waals surface area contributed by atoms with Crippen molar-refractivity contribution < 1.29 is 43.4 Å². The van der Waals surface area contributed by atoms with E-state index in [1.807, 2.05) is 0 Å². The van der Waals surface area contributed by atoms with Crippen LogP contribution in [0.1, 0.15) is 19.5 Å². The number of anilines is 1. The number of alkyl halides is 1. The molecule has 2 aliphatic rings. The Balaban J connectivity index is 1.73. The first-order valence-electron chi connectivity index (χ1n) is 10.1. The zero-order valence-corrected chi connectivity index (χ0v) is 21.2. The fraction of sp³-hybridized carbons (Fsp3) is 0.474. The van der Waals surface area contributed by atoms with E-state index in [1.165, 1.54) is 10.3 Å². The third kappa shape index (κ3) is 5.93. The maximum absolute atomic E-state index is 13.0. The van der Waals surface area contributed by atoms with Gasteiger partial charge in [-0.05, 0) is 0 Å². The number of β-lactam (4-membered cyclic amide) rings is 1. The van der Waals surface area contributed by atoms with Crippen LogP contribution in [0.3, 0.4) is 0 Å². The van der Waals surface area contributed by atoms with Crippen molar-refractivity contribution in [2.24, 2.45) is 10.6 Å². The molecule has 3 N–H and O–H groups in total. The predicted octanol–water partition coefficient (Wildman–Crippen LogP) is -0.378. The number of hydrogen-bond acceptors (Lipinski definition) is 12. The van der Waals surface area contributed by atoms with Gasteiger partial charge in [-0.2, -0.15) is 0 Å². The highest BCUT2D eigenvalue weighted by Gasteiger charge is 2.58. The second-order valence-corrected chi connectivity index (χ2v) is 9.96. The van der Waals surface area contributed by atoms with Crippen LogP contribution in [0.25, 0.3) is 0 Å². The van der Waals surface area contributed by atoms with Crippen molar-refractivity contribution in [3.8, 4) is 0 Å². The minimum absolute atomic E-state index is 0.0283. The number of carbonyl (C=O) groups excluding carboxylic acids is 5. The molecule has 2 aliphatic heterocycles. The van der Waals surface area contributed by atoms with Crippen LogP contribution in [-0.4, -0.2) is 92.5 Å². The van der Waals surface area contributed by atoms with Crippen molar-refractivity contribution in [3.05, 3.63) is 11.1 Å². The summed E-state index contributed by atoms with van der Waals surface area (Å²) in [6.45, 7) is 1.62. The van der Waals surface area contributed by atoms with Gasteiger partial charge in [0.2, 0.25) is 11.8 Å². The number of thiazole rings is 1. The third-order valence-corrected chi connectivity index (χ3v) is 7.62. The van der Waals surface area contributed by atoms with Crippen molar-refractivity contribution in [2.45, 2.75) is 25.3 Å². The molecule has 0 saturated carbocycles. The number of aromatic nitrogens is 1. The number of fused-ring (bicyclic) bond motifs is 1. The molecular formula is C19H20ClN5O9S2. The van der Waals surface area contributed by atoms with Crippen molar-refractivity contribution in [1.29, 1.82) is 0 Å². The molecule has 2 fully saturated rings. The number of carbonyl (C=O) groups is 6. The summed E-state index contributed by atoms with van der Waals surface area (Å²) >= 11 is 7.53. The minimum atomic E-state index is -1.48. The molecule has 0 bridgehead atoms. The summed E-state index contributed by atoms with van der Waals surface area (Å²) in [5.74, 6) is -4.91. The Morgan fingerprint density at radius 2 is 2.03 bits per heavy atom. The highest BCUT2D eigenvalue weighted by molar-refractivity contribution is 8.00. The van der Waals surface area contributed by atoms with Crippen molar-refractivity contribution in [2.75, 3.05) is 30.1 Å². The van der Waals surface area contributed by atoms with E-state index in [-0.39, 0.29) is 29.0 Å². The van der Waals surface area contributed by atoms with E-state index >= 15 is 0 Å². The Morgan fingerprint density at radius 1 is 1.31 bits per heavy atom. The number of rotatable bonds is 9. The molecule has 0 spiro atoms. The Morgan fingerprint density at radius 3 is 2.64 bits per heavy atom. The SMILES string of the molecule is CC(=O)OCC1(C(=O)O)CS[C@@H]2C(NC(=O)C(=NOC(C)=O)c3csc(NC(=O)CCl)n3)C(=O)N2C1. The van der Waals surface area contributed by atoms with Gasteiger partial charge in [0, 0.05) is 31.5 Å². The Kier molecular flexibility index (Phi) is 8.52. The molecule has 14 nitrogen and oxygen atoms in total. The van der Waals surface area contributed by atoms with E-state index in [0.29, 0.717) is 0 Å². The number of nitrogens with zero attached hydrogens (tertiary/aromatic N) is 3. The highest BCUT2D eigenvalue weighted by Crippen LogP contribution is 2.42.